The molecule has 2 aromatic rings. The average Bonchev–Trinajstić information content (AvgIpc) is 3.53. The summed E-state index contributed by atoms with van der Waals surface area (Å²) in [5.74, 6) is 2.77. The Morgan fingerprint density at radius 2 is 2.00 bits per heavy atom. The number of aromatic nitrogens is 2. The van der Waals surface area contributed by atoms with E-state index in [4.69, 9.17) is 19.1 Å². The van der Waals surface area contributed by atoms with Gasteiger partial charge in [-0.25, -0.2) is 9.97 Å². The number of nitrogens with one attached hydrogen (secondary N) is 1. The van der Waals surface area contributed by atoms with Gasteiger partial charge in [0, 0.05) is 38.0 Å². The first-order chi connectivity index (χ1) is 16.0. The molecule has 1 unspecified atom stereocenters. The zero-order valence-electron chi connectivity index (χ0n) is 20.0. The molecule has 2 fully saturated rings. The molecular formula is C25H36N4O3S. The van der Waals surface area contributed by atoms with E-state index >= 15 is 0 Å². The lowest BCUT2D eigenvalue weighted by Gasteiger charge is -2.32. The van der Waals surface area contributed by atoms with Gasteiger partial charge >= 0.3 is 0 Å². The smallest absolute Gasteiger partial charge is 0.287 e. The maximum Gasteiger partial charge on any atom is 0.287 e. The predicted molar refractivity (Wildman–Crippen MR) is 131 cm³/mol. The molecule has 1 amide bonds. The molecule has 1 N–H and O–H groups in total. The molecule has 7 nitrogen and oxygen atoms in total. The van der Waals surface area contributed by atoms with E-state index in [1.165, 1.54) is 32.1 Å². The minimum absolute atomic E-state index is 0.116. The van der Waals surface area contributed by atoms with Crippen LogP contribution in [0.25, 0.3) is 0 Å². The first kappa shape index (κ1) is 24.1. The Morgan fingerprint density at radius 1 is 1.18 bits per heavy atom. The highest BCUT2D eigenvalue weighted by Gasteiger charge is 2.22. The fourth-order valence-corrected chi connectivity index (χ4v) is 5.19. The molecule has 2 aromatic heterocycles. The van der Waals surface area contributed by atoms with Gasteiger partial charge in [-0.3, -0.25) is 4.79 Å². The maximum absolute atomic E-state index is 12.4. The molecule has 1 aliphatic heterocycles. The van der Waals surface area contributed by atoms with Crippen LogP contribution in [-0.2, 0) is 10.5 Å². The van der Waals surface area contributed by atoms with Crippen molar-refractivity contribution in [2.75, 3.05) is 25.1 Å². The third kappa shape index (κ3) is 6.51. The molecule has 1 atom stereocenters. The summed E-state index contributed by atoms with van der Waals surface area (Å²) in [6.07, 6.45) is 8.54. The average molecular weight is 473 g/mol. The monoisotopic (exact) mass is 472 g/mol. The van der Waals surface area contributed by atoms with Gasteiger partial charge in [0.05, 0.1) is 11.9 Å². The highest BCUT2D eigenvalue weighted by atomic mass is 32.2. The van der Waals surface area contributed by atoms with E-state index < -0.39 is 0 Å². The molecule has 8 heteroatoms. The highest BCUT2D eigenvalue weighted by Crippen LogP contribution is 2.29. The molecule has 4 rings (SSSR count). The second kappa shape index (κ2) is 11.4. The van der Waals surface area contributed by atoms with Crippen LogP contribution in [0.5, 0.6) is 0 Å². The van der Waals surface area contributed by atoms with Crippen molar-refractivity contribution in [1.29, 1.82) is 0 Å². The largest absolute Gasteiger partial charge is 0.455 e. The summed E-state index contributed by atoms with van der Waals surface area (Å²) >= 11 is 1.55. The number of hydrogen-bond acceptors (Lipinski definition) is 7. The normalized spacial score (nSPS) is 19.2. The van der Waals surface area contributed by atoms with Crippen LogP contribution in [0.15, 0.2) is 27.8 Å². The van der Waals surface area contributed by atoms with E-state index in [2.05, 4.69) is 37.2 Å². The van der Waals surface area contributed by atoms with Gasteiger partial charge in [0.1, 0.15) is 11.6 Å². The lowest BCUT2D eigenvalue weighted by molar-refractivity contribution is 0.0834. The van der Waals surface area contributed by atoms with Crippen molar-refractivity contribution in [1.82, 2.24) is 15.3 Å². The number of furan rings is 1. The van der Waals surface area contributed by atoms with Crippen LogP contribution in [0.4, 0.5) is 5.82 Å². The molecule has 2 aliphatic rings. The lowest BCUT2D eigenvalue weighted by Crippen LogP contribution is -2.34. The molecule has 1 saturated carbocycles. The van der Waals surface area contributed by atoms with Crippen LogP contribution in [0.1, 0.15) is 86.7 Å². The number of ether oxygens (including phenoxy) is 1. The van der Waals surface area contributed by atoms with E-state index in [9.17, 15) is 4.79 Å². The van der Waals surface area contributed by atoms with Gasteiger partial charge in [-0.2, -0.15) is 0 Å². The van der Waals surface area contributed by atoms with Crippen molar-refractivity contribution in [2.24, 2.45) is 0 Å². The number of carbonyl (C=O) groups excluding carboxylic acids is 1. The molecule has 1 aliphatic carbocycles. The standard InChI is InChI=1S/C25H36N4O3S/c1-17(2)21-14-23(29(3)18-8-5-4-6-9-18)28-25(27-21)33-16-20-11-12-22(32-20)24(30)26-15-19-10-7-13-31-19/h11-12,14,17-19H,4-10,13,15-16H2,1-3H3,(H,26,30). The molecule has 180 valence electrons. The summed E-state index contributed by atoms with van der Waals surface area (Å²) < 4.78 is 11.4. The summed E-state index contributed by atoms with van der Waals surface area (Å²) in [5.41, 5.74) is 1.05. The van der Waals surface area contributed by atoms with Crippen molar-refractivity contribution in [3.63, 3.8) is 0 Å². The van der Waals surface area contributed by atoms with Crippen molar-refractivity contribution in [3.8, 4) is 0 Å². The maximum atomic E-state index is 12.4. The van der Waals surface area contributed by atoms with Gasteiger partial charge < -0.3 is 19.4 Å². The van der Waals surface area contributed by atoms with E-state index in [0.29, 0.717) is 30.0 Å². The minimum Gasteiger partial charge on any atom is -0.455 e. The third-order valence-electron chi connectivity index (χ3n) is 6.53. The Kier molecular flexibility index (Phi) is 8.30. The number of thioether (sulfide) groups is 1. The molecule has 0 spiro atoms. The van der Waals surface area contributed by atoms with Crippen molar-refractivity contribution in [3.05, 3.63) is 35.4 Å². The Balaban J connectivity index is 1.38. The number of anilines is 1. The van der Waals surface area contributed by atoms with Crippen LogP contribution in [-0.4, -0.2) is 48.2 Å². The predicted octanol–water partition coefficient (Wildman–Crippen LogP) is 5.16. The number of hydrogen-bond donors (Lipinski definition) is 1. The summed E-state index contributed by atoms with van der Waals surface area (Å²) in [4.78, 5) is 24.4. The highest BCUT2D eigenvalue weighted by molar-refractivity contribution is 7.98. The number of nitrogens with zero attached hydrogens (tertiary/aromatic N) is 3. The zero-order chi connectivity index (χ0) is 23.2. The minimum atomic E-state index is -0.198. The fourth-order valence-electron chi connectivity index (χ4n) is 4.44. The molecule has 0 bridgehead atoms. The van der Waals surface area contributed by atoms with Gasteiger partial charge in [0.25, 0.3) is 5.91 Å². The Labute approximate surface area is 201 Å². The van der Waals surface area contributed by atoms with Crippen LogP contribution in [0.3, 0.4) is 0 Å². The van der Waals surface area contributed by atoms with Crippen LogP contribution < -0.4 is 10.2 Å². The van der Waals surface area contributed by atoms with E-state index in [1.54, 1.807) is 17.8 Å². The Bertz CT molecular complexity index is 920. The molecule has 1 saturated heterocycles. The molecular weight excluding hydrogens is 436 g/mol. The van der Waals surface area contributed by atoms with Gasteiger partial charge in [-0.1, -0.05) is 44.9 Å². The topological polar surface area (TPSA) is 80.5 Å². The number of rotatable bonds is 9. The molecule has 0 aromatic carbocycles. The zero-order valence-corrected chi connectivity index (χ0v) is 20.8. The van der Waals surface area contributed by atoms with Crippen molar-refractivity contribution in [2.45, 2.75) is 87.8 Å². The van der Waals surface area contributed by atoms with Crippen LogP contribution >= 0.6 is 11.8 Å². The van der Waals surface area contributed by atoms with Gasteiger partial charge in [0.15, 0.2) is 10.9 Å². The second-order valence-electron chi connectivity index (χ2n) is 9.39. The van der Waals surface area contributed by atoms with E-state index in [-0.39, 0.29) is 12.0 Å². The van der Waals surface area contributed by atoms with Gasteiger partial charge in [-0.15, -0.1) is 0 Å². The quantitative estimate of drug-likeness (QED) is 0.399. The van der Waals surface area contributed by atoms with Crippen LogP contribution in [0, 0.1) is 0 Å². The summed E-state index contributed by atoms with van der Waals surface area (Å²) in [6.45, 7) is 5.63. The van der Waals surface area contributed by atoms with Crippen molar-refractivity contribution >= 4 is 23.5 Å². The first-order valence-electron chi connectivity index (χ1n) is 12.2. The van der Waals surface area contributed by atoms with Gasteiger partial charge in [-0.05, 0) is 43.7 Å². The number of carbonyl (C=O) groups is 1. The van der Waals surface area contributed by atoms with E-state index in [0.717, 1.165) is 41.9 Å². The summed E-state index contributed by atoms with van der Waals surface area (Å²) in [5, 5.41) is 3.65. The second-order valence-corrected chi connectivity index (χ2v) is 10.3. The first-order valence-corrected chi connectivity index (χ1v) is 13.2. The molecule has 0 radical (unpaired) electrons. The third-order valence-corrected chi connectivity index (χ3v) is 7.40. The lowest BCUT2D eigenvalue weighted by atomic mass is 9.94. The van der Waals surface area contributed by atoms with Crippen LogP contribution in [0.2, 0.25) is 0 Å². The fraction of sp³-hybridized carbons (Fsp3) is 0.640. The SMILES string of the molecule is CC(C)c1cc(N(C)C2CCCCC2)nc(SCc2ccc(C(=O)NCC3CCCO3)o2)n1. The Morgan fingerprint density at radius 3 is 2.73 bits per heavy atom. The van der Waals surface area contributed by atoms with E-state index in [1.807, 2.05) is 6.07 Å². The Hall–Kier alpha value is -2.06. The summed E-state index contributed by atoms with van der Waals surface area (Å²) in [6, 6.07) is 6.27. The van der Waals surface area contributed by atoms with Gasteiger partial charge in [0.2, 0.25) is 0 Å². The number of amides is 1. The van der Waals surface area contributed by atoms with Crippen molar-refractivity contribution < 1.29 is 13.9 Å². The summed E-state index contributed by atoms with van der Waals surface area (Å²) in [7, 11) is 2.16. The molecule has 3 heterocycles. The molecule has 33 heavy (non-hydrogen) atoms.